The van der Waals surface area contributed by atoms with Gasteiger partial charge in [0.2, 0.25) is 5.82 Å². The zero-order valence-electron chi connectivity index (χ0n) is 14.5. The summed E-state index contributed by atoms with van der Waals surface area (Å²) in [5.74, 6) is -0.399. The molecule has 1 aromatic heterocycles. The van der Waals surface area contributed by atoms with Gasteiger partial charge in [-0.05, 0) is 6.07 Å². The lowest BCUT2D eigenvalue weighted by molar-refractivity contribution is -0.385. The summed E-state index contributed by atoms with van der Waals surface area (Å²) in [6, 6.07) is 4.80. The molecule has 0 amide bonds. The van der Waals surface area contributed by atoms with E-state index < -0.39 is 34.8 Å². The number of alkyl halides is 3. The summed E-state index contributed by atoms with van der Waals surface area (Å²) < 4.78 is 44.6. The monoisotopic (exact) mass is 396 g/mol. The SMILES string of the molecule is O=C1CCN(c2ncnc(OCc3ccccc3C(F)(F)F)c2[N+](=O)[O-])CC1. The quantitative estimate of drug-likeness (QED) is 0.565. The van der Waals surface area contributed by atoms with Crippen molar-refractivity contribution in [3.8, 4) is 5.88 Å². The Kier molecular flexibility index (Phi) is 5.43. The first kappa shape index (κ1) is 19.5. The Labute approximate surface area is 157 Å². The van der Waals surface area contributed by atoms with E-state index in [1.807, 2.05) is 0 Å². The van der Waals surface area contributed by atoms with Crippen LogP contribution in [0.4, 0.5) is 24.7 Å². The number of Topliss-reactive ketones (excluding diaryl/α,β-unsaturated/α-hetero) is 1. The number of hydrogen-bond acceptors (Lipinski definition) is 7. The number of aromatic nitrogens is 2. The number of benzene rings is 1. The average Bonchev–Trinajstić information content (AvgIpc) is 2.66. The predicted octanol–water partition coefficient (Wildman–Crippen LogP) is 3.15. The van der Waals surface area contributed by atoms with Gasteiger partial charge in [-0.2, -0.15) is 18.2 Å². The molecule has 0 N–H and O–H groups in total. The molecule has 2 aromatic rings. The van der Waals surface area contributed by atoms with Gasteiger partial charge in [0.15, 0.2) is 0 Å². The average molecular weight is 396 g/mol. The number of carbonyl (C=O) groups is 1. The fourth-order valence-corrected chi connectivity index (χ4v) is 2.89. The van der Waals surface area contributed by atoms with Crippen molar-refractivity contribution in [2.45, 2.75) is 25.6 Å². The Balaban J connectivity index is 1.88. The van der Waals surface area contributed by atoms with Gasteiger partial charge in [0, 0.05) is 31.5 Å². The highest BCUT2D eigenvalue weighted by atomic mass is 19.4. The fraction of sp³-hybridized carbons (Fsp3) is 0.353. The van der Waals surface area contributed by atoms with E-state index in [2.05, 4.69) is 9.97 Å². The fourth-order valence-electron chi connectivity index (χ4n) is 2.89. The van der Waals surface area contributed by atoms with Crippen LogP contribution in [0.5, 0.6) is 5.88 Å². The number of nitro groups is 1. The lowest BCUT2D eigenvalue weighted by Crippen LogP contribution is -2.34. The van der Waals surface area contributed by atoms with Crippen molar-refractivity contribution in [1.82, 2.24) is 9.97 Å². The molecule has 0 atom stereocenters. The molecule has 0 aliphatic carbocycles. The Morgan fingerprint density at radius 1 is 1.18 bits per heavy atom. The first-order chi connectivity index (χ1) is 13.3. The second-order valence-corrected chi connectivity index (χ2v) is 6.08. The van der Waals surface area contributed by atoms with E-state index in [-0.39, 0.29) is 43.1 Å². The van der Waals surface area contributed by atoms with Crippen LogP contribution in [0.3, 0.4) is 0 Å². The van der Waals surface area contributed by atoms with E-state index in [0.717, 1.165) is 12.4 Å². The largest absolute Gasteiger partial charge is 0.468 e. The summed E-state index contributed by atoms with van der Waals surface area (Å²) in [5.41, 5.74) is -1.60. The van der Waals surface area contributed by atoms with Crippen LogP contribution < -0.4 is 9.64 Å². The van der Waals surface area contributed by atoms with E-state index in [4.69, 9.17) is 4.74 Å². The molecule has 0 spiro atoms. The number of anilines is 1. The number of ketones is 1. The number of halogens is 3. The van der Waals surface area contributed by atoms with Crippen molar-refractivity contribution in [3.05, 3.63) is 51.8 Å². The molecule has 0 radical (unpaired) electrons. The van der Waals surface area contributed by atoms with Crippen LogP contribution in [0.15, 0.2) is 30.6 Å². The maximum Gasteiger partial charge on any atom is 0.416 e. The van der Waals surface area contributed by atoms with Crippen molar-refractivity contribution in [2.24, 2.45) is 0 Å². The summed E-state index contributed by atoms with van der Waals surface area (Å²) in [5, 5.41) is 11.6. The van der Waals surface area contributed by atoms with Crippen LogP contribution >= 0.6 is 0 Å². The van der Waals surface area contributed by atoms with E-state index in [1.54, 1.807) is 4.90 Å². The third-order valence-corrected chi connectivity index (χ3v) is 4.26. The highest BCUT2D eigenvalue weighted by molar-refractivity contribution is 5.81. The number of nitrogens with zero attached hydrogens (tertiary/aromatic N) is 4. The molecule has 2 heterocycles. The minimum atomic E-state index is -4.58. The van der Waals surface area contributed by atoms with E-state index in [0.29, 0.717) is 0 Å². The lowest BCUT2D eigenvalue weighted by atomic mass is 10.1. The zero-order chi connectivity index (χ0) is 20.3. The van der Waals surface area contributed by atoms with Crippen molar-refractivity contribution in [2.75, 3.05) is 18.0 Å². The Bertz CT molecular complexity index is 894. The number of hydrogen-bond donors (Lipinski definition) is 0. The Morgan fingerprint density at radius 2 is 1.86 bits per heavy atom. The molecule has 1 aliphatic rings. The van der Waals surface area contributed by atoms with Crippen LogP contribution in [0, 0.1) is 10.1 Å². The molecule has 8 nitrogen and oxygen atoms in total. The van der Waals surface area contributed by atoms with Gasteiger partial charge < -0.3 is 9.64 Å². The minimum absolute atomic E-state index is 0.0217. The normalized spacial score (nSPS) is 14.8. The van der Waals surface area contributed by atoms with Crippen molar-refractivity contribution in [3.63, 3.8) is 0 Å². The van der Waals surface area contributed by atoms with Crippen LogP contribution in [0.2, 0.25) is 0 Å². The standard InChI is InChI=1S/C17H15F3N4O4/c18-17(19,20)13-4-2-1-3-11(13)9-28-16-14(24(26)27)15(21-10-22-16)23-7-5-12(25)6-8-23/h1-4,10H,5-9H2. The third-order valence-electron chi connectivity index (χ3n) is 4.26. The second-order valence-electron chi connectivity index (χ2n) is 6.08. The van der Waals surface area contributed by atoms with Crippen molar-refractivity contribution < 1.29 is 27.6 Å². The van der Waals surface area contributed by atoms with Gasteiger partial charge in [-0.25, -0.2) is 4.98 Å². The molecule has 148 valence electrons. The molecule has 1 aliphatic heterocycles. The lowest BCUT2D eigenvalue weighted by Gasteiger charge is -2.26. The van der Waals surface area contributed by atoms with Gasteiger partial charge in [0.1, 0.15) is 18.7 Å². The van der Waals surface area contributed by atoms with Gasteiger partial charge >= 0.3 is 11.9 Å². The molecular weight excluding hydrogens is 381 g/mol. The maximum absolute atomic E-state index is 13.1. The summed E-state index contributed by atoms with van der Waals surface area (Å²) >= 11 is 0. The van der Waals surface area contributed by atoms with Crippen LogP contribution in [0.1, 0.15) is 24.0 Å². The van der Waals surface area contributed by atoms with Gasteiger partial charge in [0.05, 0.1) is 10.5 Å². The summed E-state index contributed by atoms with van der Waals surface area (Å²) in [6.07, 6.45) is -3.07. The summed E-state index contributed by atoms with van der Waals surface area (Å²) in [7, 11) is 0. The third kappa shape index (κ3) is 4.18. The minimum Gasteiger partial charge on any atom is -0.468 e. The van der Waals surface area contributed by atoms with Crippen LogP contribution in [-0.2, 0) is 17.6 Å². The Hall–Kier alpha value is -3.24. The summed E-state index contributed by atoms with van der Waals surface area (Å²) in [6.45, 7) is -0.0362. The number of ether oxygens (including phenoxy) is 1. The predicted molar refractivity (Wildman–Crippen MR) is 90.9 cm³/mol. The molecule has 0 saturated carbocycles. The Morgan fingerprint density at radius 3 is 2.50 bits per heavy atom. The number of rotatable bonds is 5. The highest BCUT2D eigenvalue weighted by Crippen LogP contribution is 2.36. The topological polar surface area (TPSA) is 98.5 Å². The summed E-state index contributed by atoms with van der Waals surface area (Å²) in [4.78, 5) is 31.4. The maximum atomic E-state index is 13.1. The van der Waals surface area contributed by atoms with E-state index in [1.165, 1.54) is 18.2 Å². The molecule has 1 aromatic carbocycles. The molecule has 1 saturated heterocycles. The number of piperidine rings is 1. The molecule has 28 heavy (non-hydrogen) atoms. The van der Waals surface area contributed by atoms with Gasteiger partial charge in [-0.3, -0.25) is 14.9 Å². The molecule has 3 rings (SSSR count). The molecule has 0 unspecified atom stereocenters. The van der Waals surface area contributed by atoms with Crippen LogP contribution in [0.25, 0.3) is 0 Å². The van der Waals surface area contributed by atoms with E-state index in [9.17, 15) is 28.1 Å². The molecule has 1 fully saturated rings. The molecule has 11 heteroatoms. The van der Waals surface area contributed by atoms with Gasteiger partial charge in [0.25, 0.3) is 5.88 Å². The van der Waals surface area contributed by atoms with Crippen molar-refractivity contribution in [1.29, 1.82) is 0 Å². The second kappa shape index (κ2) is 7.79. The molecular formula is C17H15F3N4O4. The van der Waals surface area contributed by atoms with Gasteiger partial charge in [-0.1, -0.05) is 18.2 Å². The highest BCUT2D eigenvalue weighted by Gasteiger charge is 2.34. The number of carbonyl (C=O) groups excluding carboxylic acids is 1. The smallest absolute Gasteiger partial charge is 0.416 e. The van der Waals surface area contributed by atoms with Crippen LogP contribution in [-0.4, -0.2) is 33.8 Å². The first-order valence-electron chi connectivity index (χ1n) is 8.31. The van der Waals surface area contributed by atoms with Gasteiger partial charge in [-0.15, -0.1) is 0 Å². The van der Waals surface area contributed by atoms with Crippen molar-refractivity contribution >= 4 is 17.3 Å². The zero-order valence-corrected chi connectivity index (χ0v) is 14.5. The molecule has 0 bridgehead atoms. The van der Waals surface area contributed by atoms with E-state index >= 15 is 0 Å². The first-order valence-corrected chi connectivity index (χ1v) is 8.31.